The third-order valence-corrected chi connectivity index (χ3v) is 2.82. The predicted molar refractivity (Wildman–Crippen MR) is 79.1 cm³/mol. The molecule has 3 nitrogen and oxygen atoms in total. The van der Waals surface area contributed by atoms with Crippen molar-refractivity contribution in [2.45, 2.75) is 6.92 Å². The number of anilines is 1. The van der Waals surface area contributed by atoms with Crippen LogP contribution >= 0.6 is 0 Å². The lowest BCUT2D eigenvalue weighted by molar-refractivity contribution is -0.115. The third-order valence-electron chi connectivity index (χ3n) is 2.82. The molecular weight excluding hydrogens is 236 g/mol. The Balaban J connectivity index is 2.20. The monoisotopic (exact) mass is 254 g/mol. The van der Waals surface area contributed by atoms with E-state index >= 15 is 0 Å². The fraction of sp³-hybridized carbons (Fsp3) is 0.188. The first-order chi connectivity index (χ1) is 9.31. The minimum atomic E-state index is -0.0229. The molecule has 0 bridgehead atoms. The summed E-state index contributed by atoms with van der Waals surface area (Å²) >= 11 is 0. The van der Waals surface area contributed by atoms with Gasteiger partial charge in [0.25, 0.3) is 0 Å². The van der Waals surface area contributed by atoms with Crippen molar-refractivity contribution >= 4 is 11.6 Å². The second-order valence-electron chi connectivity index (χ2n) is 4.24. The van der Waals surface area contributed by atoms with E-state index in [4.69, 9.17) is 0 Å². The number of hydrogen-bond acceptors (Lipinski definition) is 2. The minimum Gasteiger partial charge on any atom is -0.324 e. The van der Waals surface area contributed by atoms with Gasteiger partial charge in [0.15, 0.2) is 0 Å². The van der Waals surface area contributed by atoms with E-state index in [2.05, 4.69) is 10.6 Å². The summed E-state index contributed by atoms with van der Waals surface area (Å²) in [6, 6.07) is 17.9. The second kappa shape index (κ2) is 6.71. The van der Waals surface area contributed by atoms with Crippen LogP contribution in [0.15, 0.2) is 54.6 Å². The highest BCUT2D eigenvalue weighted by atomic mass is 16.1. The summed E-state index contributed by atoms with van der Waals surface area (Å²) in [5.41, 5.74) is 2.98. The number of carbonyl (C=O) groups excluding carboxylic acids is 1. The van der Waals surface area contributed by atoms with E-state index in [1.54, 1.807) is 0 Å². The number of rotatable bonds is 5. The standard InChI is InChI=1S/C16H18N2O/c1-2-17-12-16(19)18-15-11-7-6-10-14(15)13-8-4-3-5-9-13/h3-11,17H,2,12H2,1H3,(H,18,19). The maximum atomic E-state index is 11.8. The Morgan fingerprint density at radius 1 is 1.00 bits per heavy atom. The molecule has 0 aliphatic rings. The first-order valence-electron chi connectivity index (χ1n) is 6.46. The van der Waals surface area contributed by atoms with Gasteiger partial charge in [-0.3, -0.25) is 4.79 Å². The Morgan fingerprint density at radius 3 is 2.42 bits per heavy atom. The molecule has 0 saturated carbocycles. The van der Waals surface area contributed by atoms with E-state index < -0.39 is 0 Å². The molecular formula is C16H18N2O. The normalized spacial score (nSPS) is 10.2. The molecule has 0 spiro atoms. The summed E-state index contributed by atoms with van der Waals surface area (Å²) in [5.74, 6) is -0.0229. The molecule has 0 unspecified atom stereocenters. The number of benzene rings is 2. The van der Waals surface area contributed by atoms with Gasteiger partial charge in [-0.05, 0) is 18.2 Å². The van der Waals surface area contributed by atoms with Gasteiger partial charge in [-0.2, -0.15) is 0 Å². The first-order valence-corrected chi connectivity index (χ1v) is 6.46. The highest BCUT2D eigenvalue weighted by Gasteiger charge is 2.07. The van der Waals surface area contributed by atoms with Crippen molar-refractivity contribution in [3.05, 3.63) is 54.6 Å². The van der Waals surface area contributed by atoms with Crippen molar-refractivity contribution in [2.24, 2.45) is 0 Å². The van der Waals surface area contributed by atoms with Crippen LogP contribution in [0.2, 0.25) is 0 Å². The Morgan fingerprint density at radius 2 is 1.68 bits per heavy atom. The highest BCUT2D eigenvalue weighted by Crippen LogP contribution is 2.27. The molecule has 2 aromatic carbocycles. The van der Waals surface area contributed by atoms with Gasteiger partial charge < -0.3 is 10.6 Å². The van der Waals surface area contributed by atoms with Crippen molar-refractivity contribution in [3.63, 3.8) is 0 Å². The lowest BCUT2D eigenvalue weighted by Gasteiger charge is -2.11. The Labute approximate surface area is 113 Å². The van der Waals surface area contributed by atoms with Gasteiger partial charge in [0.2, 0.25) is 5.91 Å². The lowest BCUT2D eigenvalue weighted by atomic mass is 10.0. The average Bonchev–Trinajstić information content (AvgIpc) is 2.46. The van der Waals surface area contributed by atoms with E-state index in [0.29, 0.717) is 6.54 Å². The molecule has 2 N–H and O–H groups in total. The topological polar surface area (TPSA) is 41.1 Å². The smallest absolute Gasteiger partial charge is 0.238 e. The fourth-order valence-corrected chi connectivity index (χ4v) is 1.89. The van der Waals surface area contributed by atoms with Crippen molar-refractivity contribution in [1.29, 1.82) is 0 Å². The largest absolute Gasteiger partial charge is 0.324 e. The summed E-state index contributed by atoms with van der Waals surface area (Å²) < 4.78 is 0. The first kappa shape index (κ1) is 13.3. The van der Waals surface area contributed by atoms with E-state index in [1.807, 2.05) is 61.5 Å². The summed E-state index contributed by atoms with van der Waals surface area (Å²) in [7, 11) is 0. The van der Waals surface area contributed by atoms with Gasteiger partial charge >= 0.3 is 0 Å². The molecule has 2 aromatic rings. The van der Waals surface area contributed by atoms with E-state index in [-0.39, 0.29) is 5.91 Å². The molecule has 0 aliphatic heterocycles. The summed E-state index contributed by atoms with van der Waals surface area (Å²) in [6.07, 6.45) is 0. The van der Waals surface area contributed by atoms with Gasteiger partial charge in [0, 0.05) is 11.3 Å². The maximum Gasteiger partial charge on any atom is 0.238 e. The summed E-state index contributed by atoms with van der Waals surface area (Å²) in [5, 5.41) is 5.96. The Kier molecular flexibility index (Phi) is 4.70. The van der Waals surface area contributed by atoms with Gasteiger partial charge in [-0.1, -0.05) is 55.5 Å². The van der Waals surface area contributed by atoms with Crippen LogP contribution in [0.25, 0.3) is 11.1 Å². The quantitative estimate of drug-likeness (QED) is 0.861. The zero-order valence-electron chi connectivity index (χ0n) is 11.0. The van der Waals surface area contributed by atoms with Gasteiger partial charge in [-0.25, -0.2) is 0 Å². The predicted octanol–water partition coefficient (Wildman–Crippen LogP) is 2.90. The van der Waals surface area contributed by atoms with Crippen LogP contribution in [-0.4, -0.2) is 19.0 Å². The molecule has 2 rings (SSSR count). The minimum absolute atomic E-state index is 0.0229. The second-order valence-corrected chi connectivity index (χ2v) is 4.24. The number of para-hydroxylation sites is 1. The van der Waals surface area contributed by atoms with Crippen LogP contribution in [0.5, 0.6) is 0 Å². The number of hydrogen-bond donors (Lipinski definition) is 2. The van der Waals surface area contributed by atoms with Gasteiger partial charge in [0.05, 0.1) is 6.54 Å². The maximum absolute atomic E-state index is 11.8. The zero-order valence-corrected chi connectivity index (χ0v) is 11.0. The van der Waals surface area contributed by atoms with Crippen LogP contribution in [0.1, 0.15) is 6.92 Å². The Hall–Kier alpha value is -2.13. The van der Waals surface area contributed by atoms with Crippen LogP contribution in [0.4, 0.5) is 5.69 Å². The SMILES string of the molecule is CCNCC(=O)Nc1ccccc1-c1ccccc1. The molecule has 3 heteroatoms. The molecule has 0 heterocycles. The van der Waals surface area contributed by atoms with E-state index in [0.717, 1.165) is 23.4 Å². The number of likely N-dealkylation sites (N-methyl/N-ethyl adjacent to an activating group) is 1. The summed E-state index contributed by atoms with van der Waals surface area (Å²) in [4.78, 5) is 11.8. The molecule has 1 amide bonds. The Bertz CT molecular complexity index is 537. The molecule has 0 atom stereocenters. The van der Waals surface area contributed by atoms with Crippen LogP contribution in [-0.2, 0) is 4.79 Å². The molecule has 0 fully saturated rings. The van der Waals surface area contributed by atoms with Crippen molar-refractivity contribution in [1.82, 2.24) is 5.32 Å². The number of amides is 1. The van der Waals surface area contributed by atoms with Crippen molar-refractivity contribution in [2.75, 3.05) is 18.4 Å². The number of carbonyl (C=O) groups is 1. The summed E-state index contributed by atoms with van der Waals surface area (Å²) in [6.45, 7) is 3.10. The van der Waals surface area contributed by atoms with Crippen LogP contribution in [0.3, 0.4) is 0 Å². The van der Waals surface area contributed by atoms with Gasteiger partial charge in [0.1, 0.15) is 0 Å². The average molecular weight is 254 g/mol. The van der Waals surface area contributed by atoms with E-state index in [1.165, 1.54) is 0 Å². The fourth-order valence-electron chi connectivity index (χ4n) is 1.89. The third kappa shape index (κ3) is 3.66. The molecule has 0 saturated heterocycles. The zero-order chi connectivity index (χ0) is 13.5. The van der Waals surface area contributed by atoms with E-state index in [9.17, 15) is 4.79 Å². The molecule has 98 valence electrons. The molecule has 0 aromatic heterocycles. The van der Waals surface area contributed by atoms with Crippen molar-refractivity contribution < 1.29 is 4.79 Å². The van der Waals surface area contributed by atoms with Crippen LogP contribution in [0, 0.1) is 0 Å². The molecule has 0 radical (unpaired) electrons. The highest BCUT2D eigenvalue weighted by molar-refractivity contribution is 5.96. The van der Waals surface area contributed by atoms with Crippen LogP contribution < -0.4 is 10.6 Å². The van der Waals surface area contributed by atoms with Crippen molar-refractivity contribution in [3.8, 4) is 11.1 Å². The lowest BCUT2D eigenvalue weighted by Crippen LogP contribution is -2.27. The molecule has 0 aliphatic carbocycles. The molecule has 19 heavy (non-hydrogen) atoms. The number of nitrogens with one attached hydrogen (secondary N) is 2. The van der Waals surface area contributed by atoms with Gasteiger partial charge in [-0.15, -0.1) is 0 Å².